The molecule has 1 N–H and O–H groups in total. The van der Waals surface area contributed by atoms with E-state index < -0.39 is 0 Å². The van der Waals surface area contributed by atoms with Gasteiger partial charge in [0.25, 0.3) is 5.91 Å². The summed E-state index contributed by atoms with van der Waals surface area (Å²) in [6.07, 6.45) is 0. The largest absolute Gasteiger partial charge is 0.493 e. The van der Waals surface area contributed by atoms with Crippen molar-refractivity contribution in [2.75, 3.05) is 26.6 Å². The lowest BCUT2D eigenvalue weighted by Crippen LogP contribution is -2.13. The number of nitrogens with zero attached hydrogens (tertiary/aromatic N) is 1. The zero-order chi connectivity index (χ0) is 17.8. The maximum Gasteiger partial charge on any atom is 0.257 e. The number of aromatic nitrogens is 1. The van der Waals surface area contributed by atoms with E-state index >= 15 is 0 Å². The van der Waals surface area contributed by atoms with Crippen molar-refractivity contribution in [2.45, 2.75) is 0 Å². The molecule has 0 atom stereocenters. The van der Waals surface area contributed by atoms with Crippen molar-refractivity contribution in [3.8, 4) is 17.2 Å². The minimum atomic E-state index is -0.318. The molecule has 0 fully saturated rings. The van der Waals surface area contributed by atoms with E-state index in [1.54, 1.807) is 18.2 Å². The second-order valence-corrected chi connectivity index (χ2v) is 5.26. The van der Waals surface area contributed by atoms with E-state index in [2.05, 4.69) is 10.3 Å². The molecule has 1 heterocycles. The maximum absolute atomic E-state index is 12.6. The number of benzene rings is 2. The van der Waals surface area contributed by atoms with Crippen LogP contribution in [-0.4, -0.2) is 32.2 Å². The predicted molar refractivity (Wildman–Crippen MR) is 95.8 cm³/mol. The van der Waals surface area contributed by atoms with Crippen molar-refractivity contribution in [2.24, 2.45) is 0 Å². The summed E-state index contributed by atoms with van der Waals surface area (Å²) in [5.41, 5.74) is 1.19. The second-order valence-electron chi connectivity index (χ2n) is 5.26. The fraction of sp³-hybridized carbons (Fsp3) is 0.158. The normalized spacial score (nSPS) is 10.4. The van der Waals surface area contributed by atoms with Crippen LogP contribution in [0.15, 0.2) is 48.5 Å². The number of carbonyl (C=O) groups is 1. The Labute approximate surface area is 145 Å². The summed E-state index contributed by atoms with van der Waals surface area (Å²) in [4.78, 5) is 17.0. The van der Waals surface area contributed by atoms with E-state index in [4.69, 9.17) is 14.2 Å². The van der Waals surface area contributed by atoms with Gasteiger partial charge in [-0.25, -0.2) is 4.98 Å². The van der Waals surface area contributed by atoms with Crippen molar-refractivity contribution in [1.82, 2.24) is 4.98 Å². The van der Waals surface area contributed by atoms with Gasteiger partial charge in [-0.1, -0.05) is 18.2 Å². The first kappa shape index (κ1) is 16.6. The number of anilines is 1. The van der Waals surface area contributed by atoms with E-state index in [0.29, 0.717) is 28.6 Å². The Morgan fingerprint density at radius 3 is 2.24 bits per heavy atom. The summed E-state index contributed by atoms with van der Waals surface area (Å²) in [5, 5.41) is 3.80. The van der Waals surface area contributed by atoms with Gasteiger partial charge in [-0.05, 0) is 30.3 Å². The maximum atomic E-state index is 12.6. The van der Waals surface area contributed by atoms with Crippen LogP contribution in [0.3, 0.4) is 0 Å². The fourth-order valence-corrected chi connectivity index (χ4v) is 2.54. The van der Waals surface area contributed by atoms with Crippen LogP contribution in [-0.2, 0) is 0 Å². The summed E-state index contributed by atoms with van der Waals surface area (Å²) in [6, 6.07) is 14.6. The van der Waals surface area contributed by atoms with Gasteiger partial charge in [0.05, 0.1) is 26.8 Å². The van der Waals surface area contributed by atoms with Crippen LogP contribution in [0.1, 0.15) is 10.4 Å². The van der Waals surface area contributed by atoms with Gasteiger partial charge < -0.3 is 19.5 Å². The molecule has 128 valence electrons. The summed E-state index contributed by atoms with van der Waals surface area (Å²) in [6.45, 7) is 0. The number of hydrogen-bond acceptors (Lipinski definition) is 5. The number of ether oxygens (including phenoxy) is 3. The minimum absolute atomic E-state index is 0.318. The van der Waals surface area contributed by atoms with Gasteiger partial charge in [-0.15, -0.1) is 0 Å². The zero-order valence-corrected chi connectivity index (χ0v) is 14.2. The van der Waals surface area contributed by atoms with Crippen LogP contribution < -0.4 is 19.5 Å². The SMILES string of the molecule is COc1cc(C(=O)Nc2ccc3ccccc3n2)cc(OC)c1OC. The first-order chi connectivity index (χ1) is 12.2. The Balaban J connectivity index is 1.91. The highest BCUT2D eigenvalue weighted by Gasteiger charge is 2.17. The molecule has 0 radical (unpaired) electrons. The highest BCUT2D eigenvalue weighted by molar-refractivity contribution is 6.05. The van der Waals surface area contributed by atoms with Crippen LogP contribution in [0, 0.1) is 0 Å². The molecule has 1 amide bonds. The number of nitrogens with one attached hydrogen (secondary N) is 1. The molecule has 0 saturated carbocycles. The Morgan fingerprint density at radius 1 is 0.920 bits per heavy atom. The molecule has 0 aliphatic carbocycles. The Morgan fingerprint density at radius 2 is 1.60 bits per heavy atom. The van der Waals surface area contributed by atoms with Gasteiger partial charge in [-0.2, -0.15) is 0 Å². The number of rotatable bonds is 5. The third-order valence-electron chi connectivity index (χ3n) is 3.77. The molecular formula is C19H18N2O4. The number of methoxy groups -OCH3 is 3. The van der Waals surface area contributed by atoms with Crippen molar-refractivity contribution in [1.29, 1.82) is 0 Å². The van der Waals surface area contributed by atoms with Gasteiger partial charge in [0.2, 0.25) is 5.75 Å². The summed E-state index contributed by atoms with van der Waals surface area (Å²) >= 11 is 0. The molecule has 0 saturated heterocycles. The van der Waals surface area contributed by atoms with Crippen molar-refractivity contribution in [3.05, 3.63) is 54.1 Å². The van der Waals surface area contributed by atoms with Gasteiger partial charge in [-0.3, -0.25) is 4.79 Å². The molecule has 0 bridgehead atoms. The molecule has 3 aromatic rings. The third-order valence-corrected chi connectivity index (χ3v) is 3.77. The summed E-state index contributed by atoms with van der Waals surface area (Å²) in [5.74, 6) is 1.42. The van der Waals surface area contributed by atoms with Gasteiger partial charge in [0.1, 0.15) is 5.82 Å². The van der Waals surface area contributed by atoms with Gasteiger partial charge in [0, 0.05) is 10.9 Å². The lowest BCUT2D eigenvalue weighted by atomic mass is 10.1. The molecule has 0 aliphatic heterocycles. The molecule has 0 aliphatic rings. The van der Waals surface area contributed by atoms with Crippen molar-refractivity contribution >= 4 is 22.6 Å². The summed E-state index contributed by atoms with van der Waals surface area (Å²) in [7, 11) is 4.52. The Bertz CT molecular complexity index is 899. The van der Waals surface area contributed by atoms with Crippen LogP contribution in [0.2, 0.25) is 0 Å². The topological polar surface area (TPSA) is 69.7 Å². The Hall–Kier alpha value is -3.28. The van der Waals surface area contributed by atoms with Gasteiger partial charge in [0.15, 0.2) is 11.5 Å². The quantitative estimate of drug-likeness (QED) is 0.771. The predicted octanol–water partition coefficient (Wildman–Crippen LogP) is 3.51. The average molecular weight is 338 g/mol. The van der Waals surface area contributed by atoms with Crippen LogP contribution in [0.4, 0.5) is 5.82 Å². The van der Waals surface area contributed by atoms with E-state index in [-0.39, 0.29) is 5.91 Å². The molecule has 0 unspecified atom stereocenters. The molecule has 1 aromatic heterocycles. The lowest BCUT2D eigenvalue weighted by Gasteiger charge is -2.14. The van der Waals surface area contributed by atoms with Crippen LogP contribution in [0.5, 0.6) is 17.2 Å². The molecule has 0 spiro atoms. The molecule has 25 heavy (non-hydrogen) atoms. The van der Waals surface area contributed by atoms with E-state index in [0.717, 1.165) is 10.9 Å². The second kappa shape index (κ2) is 7.09. The monoisotopic (exact) mass is 338 g/mol. The first-order valence-electron chi connectivity index (χ1n) is 7.63. The van der Waals surface area contributed by atoms with E-state index in [9.17, 15) is 4.79 Å². The average Bonchev–Trinajstić information content (AvgIpc) is 2.66. The highest BCUT2D eigenvalue weighted by Crippen LogP contribution is 2.38. The van der Waals surface area contributed by atoms with E-state index in [1.165, 1.54) is 21.3 Å². The number of fused-ring (bicyclic) bond motifs is 1. The molecular weight excluding hydrogens is 320 g/mol. The summed E-state index contributed by atoms with van der Waals surface area (Å²) < 4.78 is 15.8. The number of para-hydroxylation sites is 1. The molecule has 2 aromatic carbocycles. The fourth-order valence-electron chi connectivity index (χ4n) is 2.54. The van der Waals surface area contributed by atoms with Crippen molar-refractivity contribution < 1.29 is 19.0 Å². The molecule has 6 heteroatoms. The van der Waals surface area contributed by atoms with E-state index in [1.807, 2.05) is 30.3 Å². The molecule has 6 nitrogen and oxygen atoms in total. The third kappa shape index (κ3) is 3.33. The van der Waals surface area contributed by atoms with Crippen molar-refractivity contribution in [3.63, 3.8) is 0 Å². The number of carbonyl (C=O) groups excluding carboxylic acids is 1. The first-order valence-corrected chi connectivity index (χ1v) is 7.63. The zero-order valence-electron chi connectivity index (χ0n) is 14.2. The number of pyridine rings is 1. The number of hydrogen-bond donors (Lipinski definition) is 1. The standard InChI is InChI=1S/C19H18N2O4/c1-23-15-10-13(11-16(24-2)18(15)25-3)19(22)21-17-9-8-12-6-4-5-7-14(12)20-17/h4-11H,1-3H3,(H,20,21,22). The Kier molecular flexibility index (Phi) is 4.70. The molecule has 3 rings (SSSR count). The van der Waals surface area contributed by atoms with Crippen LogP contribution in [0.25, 0.3) is 10.9 Å². The lowest BCUT2D eigenvalue weighted by molar-refractivity contribution is 0.102. The minimum Gasteiger partial charge on any atom is -0.493 e. The van der Waals surface area contributed by atoms with Crippen LogP contribution >= 0.6 is 0 Å². The number of amides is 1. The smallest absolute Gasteiger partial charge is 0.257 e. The highest BCUT2D eigenvalue weighted by atomic mass is 16.5. The van der Waals surface area contributed by atoms with Gasteiger partial charge >= 0.3 is 0 Å².